The molecule has 0 saturated heterocycles. The molecular formula is C13H14INO2S. The van der Waals surface area contributed by atoms with Crippen molar-refractivity contribution in [3.8, 4) is 5.75 Å². The molecule has 0 atom stereocenters. The number of benzene rings is 1. The molecule has 3 nitrogen and oxygen atoms in total. The molecule has 0 aliphatic carbocycles. The Morgan fingerprint density at radius 2 is 2.11 bits per heavy atom. The Hall–Kier alpha value is -0.820. The predicted octanol–water partition coefficient (Wildman–Crippen LogP) is 4.35. The SMILES string of the molecule is CCN(CC)C(=O)Oc1cccc2c(I)csc12. The minimum Gasteiger partial charge on any atom is -0.409 e. The third kappa shape index (κ3) is 2.61. The van der Waals surface area contributed by atoms with Crippen molar-refractivity contribution in [2.24, 2.45) is 0 Å². The van der Waals surface area contributed by atoms with Gasteiger partial charge in [-0.2, -0.15) is 0 Å². The van der Waals surface area contributed by atoms with Crippen molar-refractivity contribution in [2.45, 2.75) is 13.8 Å². The predicted molar refractivity (Wildman–Crippen MR) is 83.5 cm³/mol. The Kier molecular flexibility index (Phi) is 4.45. The zero-order valence-corrected chi connectivity index (χ0v) is 13.2. The molecule has 18 heavy (non-hydrogen) atoms. The second-order valence-corrected chi connectivity index (χ2v) is 5.80. The van der Waals surface area contributed by atoms with E-state index < -0.39 is 0 Å². The number of amides is 1. The summed E-state index contributed by atoms with van der Waals surface area (Å²) >= 11 is 3.90. The Morgan fingerprint density at radius 3 is 2.78 bits per heavy atom. The van der Waals surface area contributed by atoms with Crippen molar-refractivity contribution >= 4 is 50.1 Å². The van der Waals surface area contributed by atoms with E-state index in [4.69, 9.17) is 4.74 Å². The molecule has 1 aromatic heterocycles. The molecule has 0 aliphatic heterocycles. The van der Waals surface area contributed by atoms with Gasteiger partial charge in [-0.25, -0.2) is 4.79 Å². The Balaban J connectivity index is 2.29. The zero-order valence-electron chi connectivity index (χ0n) is 10.3. The van der Waals surface area contributed by atoms with Crippen LogP contribution in [0, 0.1) is 3.57 Å². The van der Waals surface area contributed by atoms with Crippen LogP contribution in [-0.2, 0) is 0 Å². The Bertz CT molecular complexity index is 563. The van der Waals surface area contributed by atoms with Gasteiger partial charge < -0.3 is 9.64 Å². The third-order valence-electron chi connectivity index (χ3n) is 2.74. The van der Waals surface area contributed by atoms with E-state index in [-0.39, 0.29) is 6.09 Å². The van der Waals surface area contributed by atoms with Gasteiger partial charge in [-0.15, -0.1) is 11.3 Å². The van der Waals surface area contributed by atoms with Gasteiger partial charge in [0.1, 0.15) is 0 Å². The average Bonchev–Trinajstić information content (AvgIpc) is 2.74. The van der Waals surface area contributed by atoms with Crippen LogP contribution in [0.1, 0.15) is 13.8 Å². The maximum atomic E-state index is 11.9. The van der Waals surface area contributed by atoms with Crippen LogP contribution in [0.4, 0.5) is 4.79 Å². The highest BCUT2D eigenvalue weighted by atomic mass is 127. The zero-order chi connectivity index (χ0) is 13.1. The van der Waals surface area contributed by atoms with E-state index in [2.05, 4.69) is 28.0 Å². The number of rotatable bonds is 3. The molecule has 5 heteroatoms. The number of fused-ring (bicyclic) bond motifs is 1. The summed E-state index contributed by atoms with van der Waals surface area (Å²) < 4.78 is 7.70. The van der Waals surface area contributed by atoms with Crippen LogP contribution >= 0.6 is 33.9 Å². The van der Waals surface area contributed by atoms with Gasteiger partial charge in [0, 0.05) is 27.4 Å². The van der Waals surface area contributed by atoms with E-state index in [1.807, 2.05) is 32.0 Å². The van der Waals surface area contributed by atoms with E-state index in [9.17, 15) is 4.79 Å². The van der Waals surface area contributed by atoms with Crippen molar-refractivity contribution in [2.75, 3.05) is 13.1 Å². The lowest BCUT2D eigenvalue weighted by Crippen LogP contribution is -2.33. The van der Waals surface area contributed by atoms with Gasteiger partial charge in [0.05, 0.1) is 4.70 Å². The van der Waals surface area contributed by atoms with E-state index >= 15 is 0 Å². The summed E-state index contributed by atoms with van der Waals surface area (Å²) in [4.78, 5) is 13.6. The standard InChI is InChI=1S/C13H14INO2S/c1-3-15(4-2)13(16)17-11-7-5-6-9-10(14)8-18-12(9)11/h5-8H,3-4H2,1-2H3. The molecule has 1 heterocycles. The fraction of sp³-hybridized carbons (Fsp3) is 0.308. The molecule has 2 rings (SSSR count). The lowest BCUT2D eigenvalue weighted by molar-refractivity contribution is 0.158. The van der Waals surface area contributed by atoms with Crippen molar-refractivity contribution in [1.82, 2.24) is 4.90 Å². The lowest BCUT2D eigenvalue weighted by atomic mass is 10.2. The number of thiophene rings is 1. The van der Waals surface area contributed by atoms with Gasteiger partial charge in [0.2, 0.25) is 0 Å². The average molecular weight is 375 g/mol. The van der Waals surface area contributed by atoms with Crippen molar-refractivity contribution in [3.05, 3.63) is 27.1 Å². The molecule has 0 bridgehead atoms. The number of ether oxygens (including phenoxy) is 1. The number of hydrogen-bond donors (Lipinski definition) is 0. The second-order valence-electron chi connectivity index (χ2n) is 3.76. The van der Waals surface area contributed by atoms with Crippen LogP contribution in [0.5, 0.6) is 5.75 Å². The Labute approximate surface area is 124 Å². The van der Waals surface area contributed by atoms with Crippen molar-refractivity contribution in [1.29, 1.82) is 0 Å². The molecule has 1 aromatic carbocycles. The maximum Gasteiger partial charge on any atom is 0.415 e. The quantitative estimate of drug-likeness (QED) is 0.747. The number of halogens is 1. The minimum absolute atomic E-state index is 0.282. The lowest BCUT2D eigenvalue weighted by Gasteiger charge is -2.18. The number of nitrogens with zero attached hydrogens (tertiary/aromatic N) is 1. The summed E-state index contributed by atoms with van der Waals surface area (Å²) in [5.74, 6) is 0.650. The number of carbonyl (C=O) groups is 1. The summed E-state index contributed by atoms with van der Waals surface area (Å²) in [5.41, 5.74) is 0. The number of carbonyl (C=O) groups excluding carboxylic acids is 1. The van der Waals surface area contributed by atoms with Crippen LogP contribution < -0.4 is 4.74 Å². The Morgan fingerprint density at radius 1 is 1.39 bits per heavy atom. The summed E-state index contributed by atoms with van der Waals surface area (Å²) in [5, 5.41) is 3.21. The molecule has 0 fully saturated rings. The van der Waals surface area contributed by atoms with Gasteiger partial charge in [-0.3, -0.25) is 0 Å². The third-order valence-corrected chi connectivity index (χ3v) is 5.06. The molecule has 0 N–H and O–H groups in total. The fourth-order valence-electron chi connectivity index (χ4n) is 1.72. The van der Waals surface area contributed by atoms with Gasteiger partial charge >= 0.3 is 6.09 Å². The van der Waals surface area contributed by atoms with Crippen LogP contribution in [0.3, 0.4) is 0 Å². The maximum absolute atomic E-state index is 11.9. The molecule has 0 unspecified atom stereocenters. The van der Waals surface area contributed by atoms with Crippen LogP contribution in [0.15, 0.2) is 23.6 Å². The molecule has 0 saturated carbocycles. The monoisotopic (exact) mass is 375 g/mol. The van der Waals surface area contributed by atoms with E-state index in [1.54, 1.807) is 16.2 Å². The van der Waals surface area contributed by atoms with Gasteiger partial charge in [0.15, 0.2) is 5.75 Å². The summed E-state index contributed by atoms with van der Waals surface area (Å²) in [7, 11) is 0. The molecular weight excluding hydrogens is 361 g/mol. The molecule has 1 amide bonds. The first-order valence-corrected chi connectivity index (χ1v) is 7.75. The smallest absolute Gasteiger partial charge is 0.409 e. The molecule has 0 spiro atoms. The van der Waals surface area contributed by atoms with Crippen LogP contribution in [0.2, 0.25) is 0 Å². The van der Waals surface area contributed by atoms with Gasteiger partial charge in [-0.1, -0.05) is 12.1 Å². The molecule has 0 radical (unpaired) electrons. The fourth-order valence-corrected chi connectivity index (χ4v) is 3.61. The number of hydrogen-bond acceptors (Lipinski definition) is 3. The summed E-state index contributed by atoms with van der Waals surface area (Å²) in [6.07, 6.45) is -0.282. The van der Waals surface area contributed by atoms with Crippen molar-refractivity contribution in [3.63, 3.8) is 0 Å². The van der Waals surface area contributed by atoms with Gasteiger partial charge in [-0.05, 0) is 42.5 Å². The van der Waals surface area contributed by atoms with Crippen molar-refractivity contribution < 1.29 is 9.53 Å². The van der Waals surface area contributed by atoms with E-state index in [1.165, 1.54) is 3.57 Å². The normalized spacial score (nSPS) is 10.6. The van der Waals surface area contributed by atoms with Crippen LogP contribution in [0.25, 0.3) is 10.1 Å². The summed E-state index contributed by atoms with van der Waals surface area (Å²) in [6.45, 7) is 5.21. The second kappa shape index (κ2) is 5.88. The minimum atomic E-state index is -0.282. The molecule has 2 aromatic rings. The first-order valence-electron chi connectivity index (χ1n) is 5.79. The highest BCUT2D eigenvalue weighted by Crippen LogP contribution is 2.34. The van der Waals surface area contributed by atoms with Gasteiger partial charge in [0.25, 0.3) is 0 Å². The van der Waals surface area contributed by atoms with E-state index in [0.29, 0.717) is 18.8 Å². The first-order chi connectivity index (χ1) is 8.67. The summed E-state index contributed by atoms with van der Waals surface area (Å²) in [6, 6.07) is 5.81. The highest BCUT2D eigenvalue weighted by molar-refractivity contribution is 14.1. The molecule has 96 valence electrons. The highest BCUT2D eigenvalue weighted by Gasteiger charge is 2.14. The topological polar surface area (TPSA) is 29.5 Å². The first kappa shape index (κ1) is 13.6. The largest absolute Gasteiger partial charge is 0.415 e. The van der Waals surface area contributed by atoms with Crippen LogP contribution in [-0.4, -0.2) is 24.1 Å². The molecule has 0 aliphatic rings. The van der Waals surface area contributed by atoms with E-state index in [0.717, 1.165) is 10.1 Å².